The molecule has 0 bridgehead atoms. The first-order valence-corrected chi connectivity index (χ1v) is 6.12. The van der Waals surface area contributed by atoms with Crippen molar-refractivity contribution in [3.8, 4) is 11.4 Å². The van der Waals surface area contributed by atoms with Crippen LogP contribution in [0.1, 0.15) is 26.5 Å². The van der Waals surface area contributed by atoms with Gasteiger partial charge in [0.25, 0.3) is 0 Å². The molecule has 0 spiro atoms. The van der Waals surface area contributed by atoms with E-state index >= 15 is 0 Å². The number of nitrogens with one attached hydrogen (secondary N) is 1. The molecule has 0 amide bonds. The van der Waals surface area contributed by atoms with Crippen molar-refractivity contribution in [3.63, 3.8) is 0 Å². The Morgan fingerprint density at radius 3 is 2.10 bits per heavy atom. The fourth-order valence-electron chi connectivity index (χ4n) is 1.72. The third kappa shape index (κ3) is 3.08. The maximum atomic E-state index is 13.3. The summed E-state index contributed by atoms with van der Waals surface area (Å²) in [5, 5.41) is 0. The maximum Gasteiger partial charge on any atom is 0.162 e. The van der Waals surface area contributed by atoms with Gasteiger partial charge in [-0.05, 0) is 12.1 Å². The quantitative estimate of drug-likeness (QED) is 0.654. The van der Waals surface area contributed by atoms with E-state index in [4.69, 9.17) is 5.84 Å². The molecule has 2 aromatic rings. The lowest BCUT2D eigenvalue weighted by atomic mass is 9.92. The summed E-state index contributed by atoms with van der Waals surface area (Å²) in [4.78, 5) is 8.50. The molecule has 2 rings (SSSR count). The van der Waals surface area contributed by atoms with Crippen molar-refractivity contribution in [3.05, 3.63) is 41.6 Å². The van der Waals surface area contributed by atoms with Gasteiger partial charge in [0, 0.05) is 23.1 Å². The van der Waals surface area contributed by atoms with E-state index in [9.17, 15) is 8.78 Å². The highest BCUT2D eigenvalue weighted by atomic mass is 19.1. The van der Waals surface area contributed by atoms with Crippen LogP contribution < -0.4 is 11.3 Å². The Bertz CT molecular complexity index is 615. The summed E-state index contributed by atoms with van der Waals surface area (Å²) in [6, 6.07) is 4.88. The van der Waals surface area contributed by atoms with Crippen molar-refractivity contribution in [2.24, 2.45) is 5.84 Å². The molecule has 1 aromatic carbocycles. The Balaban J connectivity index is 2.61. The molecule has 6 heteroatoms. The van der Waals surface area contributed by atoms with Crippen LogP contribution in [-0.2, 0) is 5.41 Å². The summed E-state index contributed by atoms with van der Waals surface area (Å²) in [7, 11) is 0. The molecule has 0 radical (unpaired) electrons. The minimum absolute atomic E-state index is 0.226. The molecule has 0 aliphatic carbocycles. The number of aromatic nitrogens is 2. The van der Waals surface area contributed by atoms with E-state index in [1.54, 1.807) is 6.07 Å². The van der Waals surface area contributed by atoms with Crippen molar-refractivity contribution in [2.45, 2.75) is 26.2 Å². The van der Waals surface area contributed by atoms with Crippen LogP contribution in [0.5, 0.6) is 0 Å². The average molecular weight is 278 g/mol. The van der Waals surface area contributed by atoms with E-state index in [0.29, 0.717) is 5.82 Å². The second-order valence-electron chi connectivity index (χ2n) is 5.51. The van der Waals surface area contributed by atoms with Gasteiger partial charge in [-0.15, -0.1) is 0 Å². The number of halogens is 2. The summed E-state index contributed by atoms with van der Waals surface area (Å²) in [5.41, 5.74) is 3.19. The second-order valence-corrected chi connectivity index (χ2v) is 5.51. The summed E-state index contributed by atoms with van der Waals surface area (Å²) in [5.74, 6) is 4.65. The minimum Gasteiger partial charge on any atom is -0.308 e. The highest BCUT2D eigenvalue weighted by Crippen LogP contribution is 2.26. The van der Waals surface area contributed by atoms with Gasteiger partial charge in [-0.3, -0.25) is 0 Å². The highest BCUT2D eigenvalue weighted by molar-refractivity contribution is 5.58. The summed E-state index contributed by atoms with van der Waals surface area (Å²) >= 11 is 0. The number of nitrogens with zero attached hydrogens (tertiary/aromatic N) is 2. The van der Waals surface area contributed by atoms with Gasteiger partial charge in [0.15, 0.2) is 5.82 Å². The van der Waals surface area contributed by atoms with Crippen LogP contribution in [0, 0.1) is 11.6 Å². The first kappa shape index (κ1) is 14.3. The second kappa shape index (κ2) is 5.13. The molecule has 0 aliphatic heterocycles. The van der Waals surface area contributed by atoms with Crippen molar-refractivity contribution in [1.29, 1.82) is 0 Å². The van der Waals surface area contributed by atoms with Gasteiger partial charge in [0.2, 0.25) is 0 Å². The highest BCUT2D eigenvalue weighted by Gasteiger charge is 2.19. The number of hydrazine groups is 1. The Morgan fingerprint density at radius 1 is 1.00 bits per heavy atom. The zero-order chi connectivity index (χ0) is 14.9. The molecule has 4 nitrogen and oxygen atoms in total. The number of hydrogen-bond acceptors (Lipinski definition) is 4. The molecule has 0 fully saturated rings. The normalized spacial score (nSPS) is 11.5. The van der Waals surface area contributed by atoms with Crippen LogP contribution in [0.4, 0.5) is 14.6 Å². The molecule has 106 valence electrons. The SMILES string of the molecule is CC(C)(C)c1cc(NN)nc(-c2cc(F)cc(F)c2)n1. The first-order chi connectivity index (χ1) is 9.29. The van der Waals surface area contributed by atoms with Crippen LogP contribution >= 0.6 is 0 Å². The number of nitrogens with two attached hydrogens (primary N) is 1. The molecule has 0 unspecified atom stereocenters. The van der Waals surface area contributed by atoms with Gasteiger partial charge < -0.3 is 5.43 Å². The van der Waals surface area contributed by atoms with Crippen LogP contribution in [0.2, 0.25) is 0 Å². The number of anilines is 1. The van der Waals surface area contributed by atoms with Crippen molar-refractivity contribution in [1.82, 2.24) is 9.97 Å². The lowest BCUT2D eigenvalue weighted by Gasteiger charge is -2.19. The van der Waals surface area contributed by atoms with Gasteiger partial charge in [-0.2, -0.15) is 0 Å². The minimum atomic E-state index is -0.674. The lowest BCUT2D eigenvalue weighted by molar-refractivity contribution is 0.567. The topological polar surface area (TPSA) is 63.8 Å². The third-order valence-corrected chi connectivity index (χ3v) is 2.76. The van der Waals surface area contributed by atoms with Gasteiger partial charge in [-0.25, -0.2) is 24.6 Å². The Hall–Kier alpha value is -2.08. The van der Waals surface area contributed by atoms with Gasteiger partial charge in [0.1, 0.15) is 17.5 Å². The molecule has 0 saturated heterocycles. The van der Waals surface area contributed by atoms with E-state index < -0.39 is 11.6 Å². The van der Waals surface area contributed by atoms with Gasteiger partial charge in [0.05, 0.1) is 5.69 Å². The molecule has 1 heterocycles. The maximum absolute atomic E-state index is 13.3. The van der Waals surface area contributed by atoms with Crippen LogP contribution in [0.3, 0.4) is 0 Å². The monoisotopic (exact) mass is 278 g/mol. The smallest absolute Gasteiger partial charge is 0.162 e. The Kier molecular flexibility index (Phi) is 3.67. The van der Waals surface area contributed by atoms with Crippen molar-refractivity contribution in [2.75, 3.05) is 5.43 Å². The average Bonchev–Trinajstić information content (AvgIpc) is 2.36. The molecular weight excluding hydrogens is 262 g/mol. The molecular formula is C14H16F2N4. The first-order valence-electron chi connectivity index (χ1n) is 6.12. The number of hydrogen-bond donors (Lipinski definition) is 2. The van der Waals surface area contributed by atoms with Crippen molar-refractivity contribution >= 4 is 5.82 Å². The largest absolute Gasteiger partial charge is 0.308 e. The summed E-state index contributed by atoms with van der Waals surface area (Å²) in [6.07, 6.45) is 0. The third-order valence-electron chi connectivity index (χ3n) is 2.76. The van der Waals surface area contributed by atoms with Crippen LogP contribution in [0.25, 0.3) is 11.4 Å². The molecule has 0 saturated carbocycles. The molecule has 20 heavy (non-hydrogen) atoms. The fourth-order valence-corrected chi connectivity index (χ4v) is 1.72. The van der Waals surface area contributed by atoms with Gasteiger partial charge in [-0.1, -0.05) is 20.8 Å². The van der Waals surface area contributed by atoms with E-state index in [2.05, 4.69) is 15.4 Å². The van der Waals surface area contributed by atoms with E-state index in [0.717, 1.165) is 11.8 Å². The van der Waals surface area contributed by atoms with E-state index in [1.165, 1.54) is 12.1 Å². The molecule has 0 atom stereocenters. The van der Waals surface area contributed by atoms with E-state index in [1.807, 2.05) is 20.8 Å². The van der Waals surface area contributed by atoms with Crippen LogP contribution in [0.15, 0.2) is 24.3 Å². The van der Waals surface area contributed by atoms with Crippen LogP contribution in [-0.4, -0.2) is 9.97 Å². The summed E-state index contributed by atoms with van der Waals surface area (Å²) < 4.78 is 26.6. The Morgan fingerprint density at radius 2 is 1.60 bits per heavy atom. The predicted octanol–water partition coefficient (Wildman–Crippen LogP) is 3.00. The predicted molar refractivity (Wildman–Crippen MR) is 73.9 cm³/mol. The number of nitrogen functional groups attached to an aromatic ring is 1. The zero-order valence-corrected chi connectivity index (χ0v) is 11.5. The number of benzene rings is 1. The molecule has 0 aliphatic rings. The van der Waals surface area contributed by atoms with E-state index in [-0.39, 0.29) is 16.8 Å². The molecule has 3 N–H and O–H groups in total. The molecule has 1 aromatic heterocycles. The fraction of sp³-hybridized carbons (Fsp3) is 0.286. The summed E-state index contributed by atoms with van der Waals surface area (Å²) in [6.45, 7) is 5.93. The zero-order valence-electron chi connectivity index (χ0n) is 11.5. The number of rotatable bonds is 2. The Labute approximate surface area is 116 Å². The lowest BCUT2D eigenvalue weighted by Crippen LogP contribution is -2.17. The van der Waals surface area contributed by atoms with Crippen molar-refractivity contribution < 1.29 is 8.78 Å². The van der Waals surface area contributed by atoms with Gasteiger partial charge >= 0.3 is 0 Å². The standard InChI is InChI=1S/C14H16F2N4/c1-14(2,3)11-7-12(20-17)19-13(18-11)8-4-9(15)6-10(16)5-8/h4-7H,17H2,1-3H3,(H,18,19,20).